The highest BCUT2D eigenvalue weighted by atomic mass is 32.2. The predicted octanol–water partition coefficient (Wildman–Crippen LogP) is 4.06. The predicted molar refractivity (Wildman–Crippen MR) is 104 cm³/mol. The summed E-state index contributed by atoms with van der Waals surface area (Å²) in [5.74, 6) is 0. The van der Waals surface area contributed by atoms with Gasteiger partial charge in [0.25, 0.3) is 0 Å². The minimum Gasteiger partial charge on any atom is -0.443 e. The molecule has 1 fully saturated rings. The Morgan fingerprint density at radius 1 is 1.12 bits per heavy atom. The summed E-state index contributed by atoms with van der Waals surface area (Å²) < 4.78 is 41.6. The van der Waals surface area contributed by atoms with Gasteiger partial charge in [-0.15, -0.1) is 0 Å². The van der Waals surface area contributed by atoms with Gasteiger partial charge in [0.2, 0.25) is 0 Å². The number of amides is 1. The van der Waals surface area contributed by atoms with Crippen LogP contribution in [0.15, 0.2) is 0 Å². The molecule has 0 spiro atoms. The van der Waals surface area contributed by atoms with Gasteiger partial charge in [-0.25, -0.2) is 4.79 Å². The van der Waals surface area contributed by atoms with Crippen LogP contribution in [0.5, 0.6) is 0 Å². The number of rotatable bonds is 6. The summed E-state index contributed by atoms with van der Waals surface area (Å²) in [7, 11) is -6.32. The zero-order chi connectivity index (χ0) is 20.5. The molecule has 0 aromatic heterocycles. The molecule has 0 unspecified atom stereocenters. The quantitative estimate of drug-likeness (QED) is 0.615. The summed E-state index contributed by atoms with van der Waals surface area (Å²) in [6, 6.07) is -0.710. The van der Waals surface area contributed by atoms with E-state index in [1.807, 2.05) is 0 Å². The summed E-state index contributed by atoms with van der Waals surface area (Å²) in [4.78, 5) is 12.4. The molecule has 0 radical (unpaired) electrons. The van der Waals surface area contributed by atoms with Crippen LogP contribution in [0.3, 0.4) is 0 Å². The zero-order valence-corrected chi connectivity index (χ0v) is 19.3. The van der Waals surface area contributed by atoms with Crippen molar-refractivity contribution in [2.45, 2.75) is 90.6 Å². The van der Waals surface area contributed by atoms with Crippen molar-refractivity contribution >= 4 is 24.7 Å². The molecule has 1 aliphatic rings. The molecule has 1 amide bonds. The average Bonchev–Trinajstić information content (AvgIpc) is 2.71. The van der Waals surface area contributed by atoms with Crippen LogP contribution < -0.4 is 0 Å². The fourth-order valence-electron chi connectivity index (χ4n) is 3.88. The van der Waals surface area contributed by atoms with Crippen LogP contribution in [0.1, 0.15) is 62.3 Å². The molecule has 0 aliphatic carbocycles. The largest absolute Gasteiger partial charge is 0.443 e. The normalized spacial score (nSPS) is 21.1. The van der Waals surface area contributed by atoms with Gasteiger partial charge in [0, 0.05) is 0 Å². The molecule has 1 rings (SSSR count). The molecule has 1 atom stereocenters. The summed E-state index contributed by atoms with van der Waals surface area (Å²) >= 11 is 0. The van der Waals surface area contributed by atoms with E-state index in [-0.39, 0.29) is 13.2 Å². The number of carbonyl (C=O) groups is 1. The van der Waals surface area contributed by atoms with Gasteiger partial charge in [-0.1, -0.05) is 41.5 Å². The first-order chi connectivity index (χ1) is 11.6. The molecule has 0 N–H and O–H groups in total. The molecule has 1 saturated heterocycles. The SMILES string of the molecule is CC(C)[Si](OC[C@H]1COS(=O)(=O)N1C(=O)OC(C)(C)C)(C(C)C)C(C)C. The van der Waals surface area contributed by atoms with Crippen LogP contribution in [0.25, 0.3) is 0 Å². The molecule has 154 valence electrons. The zero-order valence-electron chi connectivity index (χ0n) is 17.5. The lowest BCUT2D eigenvalue weighted by Gasteiger charge is -2.43. The number of carbonyl (C=O) groups excluding carboxylic acids is 1. The van der Waals surface area contributed by atoms with E-state index in [9.17, 15) is 13.2 Å². The number of nitrogens with zero attached hydrogens (tertiary/aromatic N) is 1. The summed E-state index contributed by atoms with van der Waals surface area (Å²) in [5, 5.41) is 0. The van der Waals surface area contributed by atoms with Gasteiger partial charge < -0.3 is 9.16 Å². The van der Waals surface area contributed by atoms with Crippen molar-refractivity contribution < 1.29 is 26.6 Å². The third-order valence-electron chi connectivity index (χ3n) is 4.79. The lowest BCUT2D eigenvalue weighted by atomic mass is 10.2. The van der Waals surface area contributed by atoms with Gasteiger partial charge in [-0.3, -0.25) is 4.18 Å². The highest BCUT2D eigenvalue weighted by molar-refractivity contribution is 7.85. The highest BCUT2D eigenvalue weighted by Gasteiger charge is 2.49. The van der Waals surface area contributed by atoms with Crippen LogP contribution >= 0.6 is 0 Å². The van der Waals surface area contributed by atoms with Crippen molar-refractivity contribution in [1.29, 1.82) is 0 Å². The topological polar surface area (TPSA) is 82.1 Å². The van der Waals surface area contributed by atoms with Crippen molar-refractivity contribution in [3.05, 3.63) is 0 Å². The van der Waals surface area contributed by atoms with Gasteiger partial charge in [-0.05, 0) is 37.4 Å². The lowest BCUT2D eigenvalue weighted by Crippen LogP contribution is -2.51. The molecule has 0 bridgehead atoms. The Morgan fingerprint density at radius 3 is 1.96 bits per heavy atom. The van der Waals surface area contributed by atoms with Crippen LogP contribution in [0.4, 0.5) is 4.79 Å². The maximum atomic E-state index is 12.4. The van der Waals surface area contributed by atoms with E-state index >= 15 is 0 Å². The standard InChI is InChI=1S/C17H35NO6SSi/c1-12(2)26(13(3)4,14(5)6)23-11-15-10-22-25(20,21)18(15)16(19)24-17(7,8)9/h12-15H,10-11H2,1-9H3/t15-/m1/s1. The van der Waals surface area contributed by atoms with E-state index in [0.29, 0.717) is 20.9 Å². The van der Waals surface area contributed by atoms with E-state index in [0.717, 1.165) is 0 Å². The molecule has 1 aliphatic heterocycles. The maximum Gasteiger partial charge on any atom is 0.426 e. The minimum atomic E-state index is -4.14. The molecule has 26 heavy (non-hydrogen) atoms. The van der Waals surface area contributed by atoms with Gasteiger partial charge in [0.15, 0.2) is 8.32 Å². The second-order valence-electron chi connectivity index (χ2n) is 8.80. The number of hydrogen-bond acceptors (Lipinski definition) is 6. The highest BCUT2D eigenvalue weighted by Crippen LogP contribution is 2.42. The molecular formula is C17H35NO6SSi. The van der Waals surface area contributed by atoms with Crippen molar-refractivity contribution in [1.82, 2.24) is 4.31 Å². The Labute approximate surface area is 159 Å². The smallest absolute Gasteiger partial charge is 0.426 e. The van der Waals surface area contributed by atoms with E-state index in [2.05, 4.69) is 41.5 Å². The van der Waals surface area contributed by atoms with E-state index in [4.69, 9.17) is 13.3 Å². The Balaban J connectivity index is 3.05. The number of hydrogen-bond donors (Lipinski definition) is 0. The third-order valence-corrected chi connectivity index (χ3v) is 12.2. The van der Waals surface area contributed by atoms with Crippen molar-refractivity contribution in [3.63, 3.8) is 0 Å². The van der Waals surface area contributed by atoms with E-state index in [1.165, 1.54) is 0 Å². The van der Waals surface area contributed by atoms with Crippen molar-refractivity contribution in [2.24, 2.45) is 0 Å². The fourth-order valence-corrected chi connectivity index (χ4v) is 10.5. The van der Waals surface area contributed by atoms with Gasteiger partial charge in [-0.2, -0.15) is 12.7 Å². The van der Waals surface area contributed by atoms with Gasteiger partial charge in [0.1, 0.15) is 11.6 Å². The molecule has 0 saturated carbocycles. The first-order valence-corrected chi connectivity index (χ1v) is 12.7. The van der Waals surface area contributed by atoms with Crippen molar-refractivity contribution in [3.8, 4) is 0 Å². The molecular weight excluding hydrogens is 374 g/mol. The average molecular weight is 410 g/mol. The Kier molecular flexibility index (Phi) is 7.34. The molecule has 0 aromatic carbocycles. The second-order valence-corrected chi connectivity index (χ2v) is 15.7. The Morgan fingerprint density at radius 2 is 1.58 bits per heavy atom. The second kappa shape index (κ2) is 8.16. The number of ether oxygens (including phenoxy) is 1. The molecule has 0 aromatic rings. The summed E-state index contributed by atoms with van der Waals surface area (Å²) in [5.41, 5.74) is 0.275. The Bertz CT molecular complexity index is 575. The minimum absolute atomic E-state index is 0.111. The van der Waals surface area contributed by atoms with Crippen LogP contribution in [0.2, 0.25) is 16.6 Å². The first-order valence-electron chi connectivity index (χ1n) is 9.20. The summed E-state index contributed by atoms with van der Waals surface area (Å²) in [6.45, 7) is 18.0. The van der Waals surface area contributed by atoms with Gasteiger partial charge >= 0.3 is 16.4 Å². The van der Waals surface area contributed by atoms with Crippen LogP contribution in [-0.2, 0) is 23.7 Å². The summed E-state index contributed by atoms with van der Waals surface area (Å²) in [6.07, 6.45) is -0.922. The lowest BCUT2D eigenvalue weighted by molar-refractivity contribution is 0.0321. The molecule has 7 nitrogen and oxygen atoms in total. The van der Waals surface area contributed by atoms with Gasteiger partial charge in [0.05, 0.1) is 13.2 Å². The van der Waals surface area contributed by atoms with Crippen molar-refractivity contribution in [2.75, 3.05) is 13.2 Å². The third kappa shape index (κ3) is 4.99. The Hall–Kier alpha value is -0.643. The maximum absolute atomic E-state index is 12.4. The first kappa shape index (κ1) is 23.4. The molecule has 9 heteroatoms. The monoisotopic (exact) mass is 409 g/mol. The fraction of sp³-hybridized carbons (Fsp3) is 0.941. The van der Waals surface area contributed by atoms with Crippen LogP contribution in [-0.4, -0.2) is 52.0 Å². The van der Waals surface area contributed by atoms with E-state index in [1.54, 1.807) is 20.8 Å². The van der Waals surface area contributed by atoms with Crippen LogP contribution in [0, 0.1) is 0 Å². The van der Waals surface area contributed by atoms with E-state index < -0.39 is 36.4 Å². The molecule has 1 heterocycles.